The Morgan fingerprint density at radius 3 is 2.35 bits per heavy atom. The summed E-state index contributed by atoms with van der Waals surface area (Å²) in [6.07, 6.45) is 0.189. The van der Waals surface area contributed by atoms with Crippen molar-refractivity contribution in [3.05, 3.63) is 29.3 Å². The van der Waals surface area contributed by atoms with Crippen LogP contribution in [0, 0.1) is 19.8 Å². The van der Waals surface area contributed by atoms with Gasteiger partial charge in [0.15, 0.2) is 0 Å². The Bertz CT molecular complexity index is 724. The van der Waals surface area contributed by atoms with E-state index in [0.717, 1.165) is 43.9 Å². The number of aryl methyl sites for hydroxylation is 2. The van der Waals surface area contributed by atoms with Crippen LogP contribution in [0.25, 0.3) is 0 Å². The summed E-state index contributed by atoms with van der Waals surface area (Å²) in [4.78, 5) is 16.8. The molecule has 1 aromatic rings. The SMILES string of the molecule is Cc1ccc(S(=O)(=O)NCCC(=O)N2CCN(CC(C)C)CC2)cc1C. The highest BCUT2D eigenvalue weighted by Gasteiger charge is 2.22. The van der Waals surface area contributed by atoms with Crippen LogP contribution in [0.5, 0.6) is 0 Å². The average Bonchev–Trinajstić information content (AvgIpc) is 2.57. The summed E-state index contributed by atoms with van der Waals surface area (Å²) in [5, 5.41) is 0. The molecule has 7 heteroatoms. The third kappa shape index (κ3) is 5.79. The van der Waals surface area contributed by atoms with Gasteiger partial charge in [0.25, 0.3) is 0 Å². The fourth-order valence-corrected chi connectivity index (χ4v) is 4.23. The highest BCUT2D eigenvalue weighted by atomic mass is 32.2. The van der Waals surface area contributed by atoms with E-state index < -0.39 is 10.0 Å². The molecular weight excluding hydrogens is 350 g/mol. The van der Waals surface area contributed by atoms with Gasteiger partial charge in [-0.25, -0.2) is 13.1 Å². The Hall–Kier alpha value is -1.44. The molecule has 0 aromatic heterocycles. The van der Waals surface area contributed by atoms with Crippen molar-refractivity contribution < 1.29 is 13.2 Å². The molecule has 0 unspecified atom stereocenters. The first-order valence-corrected chi connectivity index (χ1v) is 10.7. The minimum atomic E-state index is -3.58. The molecule has 0 saturated carbocycles. The molecular formula is C19H31N3O3S. The lowest BCUT2D eigenvalue weighted by Gasteiger charge is -2.35. The third-order valence-corrected chi connectivity index (χ3v) is 6.23. The van der Waals surface area contributed by atoms with Crippen molar-refractivity contribution in [2.24, 2.45) is 5.92 Å². The molecule has 146 valence electrons. The van der Waals surface area contributed by atoms with E-state index >= 15 is 0 Å². The molecule has 0 aliphatic carbocycles. The quantitative estimate of drug-likeness (QED) is 0.782. The number of hydrogen-bond acceptors (Lipinski definition) is 4. The van der Waals surface area contributed by atoms with Crippen LogP contribution in [-0.2, 0) is 14.8 Å². The predicted octanol–water partition coefficient (Wildman–Crippen LogP) is 1.77. The fourth-order valence-electron chi connectivity index (χ4n) is 3.11. The smallest absolute Gasteiger partial charge is 0.240 e. The summed E-state index contributed by atoms with van der Waals surface area (Å²) in [7, 11) is -3.58. The number of hydrogen-bond donors (Lipinski definition) is 1. The summed E-state index contributed by atoms with van der Waals surface area (Å²) >= 11 is 0. The number of nitrogens with one attached hydrogen (secondary N) is 1. The van der Waals surface area contributed by atoms with Crippen LogP contribution in [0.1, 0.15) is 31.4 Å². The first kappa shape index (κ1) is 20.9. The maximum absolute atomic E-state index is 12.4. The van der Waals surface area contributed by atoms with Gasteiger partial charge in [0, 0.05) is 45.7 Å². The zero-order valence-electron chi connectivity index (χ0n) is 16.3. The lowest BCUT2D eigenvalue weighted by molar-refractivity contribution is -0.132. The second kappa shape index (κ2) is 8.97. The number of sulfonamides is 1. The Balaban J connectivity index is 1.80. The molecule has 1 aliphatic heterocycles. The Kier molecular flexibility index (Phi) is 7.20. The summed E-state index contributed by atoms with van der Waals surface area (Å²) in [6.45, 7) is 12.6. The van der Waals surface area contributed by atoms with Crippen molar-refractivity contribution in [1.82, 2.24) is 14.5 Å². The molecule has 0 bridgehead atoms. The van der Waals surface area contributed by atoms with E-state index in [4.69, 9.17) is 0 Å². The van der Waals surface area contributed by atoms with Crippen LogP contribution in [0.4, 0.5) is 0 Å². The molecule has 0 spiro atoms. The Morgan fingerprint density at radius 1 is 1.12 bits per heavy atom. The lowest BCUT2D eigenvalue weighted by Crippen LogP contribution is -2.49. The van der Waals surface area contributed by atoms with E-state index in [2.05, 4.69) is 23.5 Å². The molecule has 26 heavy (non-hydrogen) atoms. The van der Waals surface area contributed by atoms with Crippen LogP contribution < -0.4 is 4.72 Å². The van der Waals surface area contributed by atoms with E-state index in [1.54, 1.807) is 18.2 Å². The van der Waals surface area contributed by atoms with Gasteiger partial charge in [-0.2, -0.15) is 0 Å². The molecule has 2 rings (SSSR count). The van der Waals surface area contributed by atoms with Gasteiger partial charge in [-0.1, -0.05) is 19.9 Å². The molecule has 1 saturated heterocycles. The number of rotatable bonds is 7. The molecule has 1 fully saturated rings. The van der Waals surface area contributed by atoms with E-state index in [1.165, 1.54) is 0 Å². The second-order valence-electron chi connectivity index (χ2n) is 7.47. The fraction of sp³-hybridized carbons (Fsp3) is 0.632. The van der Waals surface area contributed by atoms with Gasteiger partial charge < -0.3 is 4.90 Å². The predicted molar refractivity (Wildman–Crippen MR) is 104 cm³/mol. The van der Waals surface area contributed by atoms with Gasteiger partial charge in [0.05, 0.1) is 4.90 Å². The van der Waals surface area contributed by atoms with Crippen molar-refractivity contribution in [1.29, 1.82) is 0 Å². The first-order valence-electron chi connectivity index (χ1n) is 9.26. The van der Waals surface area contributed by atoms with Crippen molar-refractivity contribution in [2.75, 3.05) is 39.3 Å². The number of amides is 1. The number of carbonyl (C=O) groups excluding carboxylic acids is 1. The maximum atomic E-state index is 12.4. The molecule has 1 aliphatic rings. The Morgan fingerprint density at radius 2 is 1.77 bits per heavy atom. The van der Waals surface area contributed by atoms with Gasteiger partial charge >= 0.3 is 0 Å². The highest BCUT2D eigenvalue weighted by Crippen LogP contribution is 2.14. The minimum Gasteiger partial charge on any atom is -0.340 e. The highest BCUT2D eigenvalue weighted by molar-refractivity contribution is 7.89. The standard InChI is InChI=1S/C19H31N3O3S/c1-15(2)14-21-9-11-22(12-10-21)19(23)7-8-20-26(24,25)18-6-5-16(3)17(4)13-18/h5-6,13,15,20H,7-12,14H2,1-4H3. The zero-order chi connectivity index (χ0) is 19.3. The third-order valence-electron chi connectivity index (χ3n) is 4.77. The molecule has 1 heterocycles. The summed E-state index contributed by atoms with van der Waals surface area (Å²) < 4.78 is 27.3. The molecule has 0 atom stereocenters. The van der Waals surface area contributed by atoms with E-state index in [0.29, 0.717) is 5.92 Å². The largest absolute Gasteiger partial charge is 0.340 e. The van der Waals surface area contributed by atoms with Gasteiger partial charge in [-0.3, -0.25) is 9.69 Å². The first-order chi connectivity index (χ1) is 12.2. The number of nitrogens with zero attached hydrogens (tertiary/aromatic N) is 2. The van der Waals surface area contributed by atoms with Crippen molar-refractivity contribution in [3.8, 4) is 0 Å². The summed E-state index contributed by atoms with van der Waals surface area (Å²) in [5.74, 6) is 0.633. The van der Waals surface area contributed by atoms with Crippen LogP contribution in [-0.4, -0.2) is 63.4 Å². The van der Waals surface area contributed by atoms with Crippen LogP contribution >= 0.6 is 0 Å². The van der Waals surface area contributed by atoms with E-state index in [-0.39, 0.29) is 23.8 Å². The molecule has 1 N–H and O–H groups in total. The minimum absolute atomic E-state index is 0.0111. The number of piperazine rings is 1. The Labute approximate surface area is 157 Å². The number of carbonyl (C=O) groups is 1. The molecule has 6 nitrogen and oxygen atoms in total. The van der Waals surface area contributed by atoms with E-state index in [9.17, 15) is 13.2 Å². The summed E-state index contributed by atoms with van der Waals surface area (Å²) in [6, 6.07) is 5.06. The van der Waals surface area contributed by atoms with E-state index in [1.807, 2.05) is 18.7 Å². The number of benzene rings is 1. The lowest BCUT2D eigenvalue weighted by atomic mass is 10.1. The topological polar surface area (TPSA) is 69.7 Å². The van der Waals surface area contributed by atoms with Gasteiger partial charge in [0.2, 0.25) is 15.9 Å². The van der Waals surface area contributed by atoms with Crippen LogP contribution in [0.15, 0.2) is 23.1 Å². The molecule has 1 aromatic carbocycles. The van der Waals surface area contributed by atoms with Crippen molar-refractivity contribution in [2.45, 2.75) is 39.0 Å². The monoisotopic (exact) mass is 381 g/mol. The molecule has 1 amide bonds. The van der Waals surface area contributed by atoms with Crippen LogP contribution in [0.2, 0.25) is 0 Å². The normalized spacial score (nSPS) is 16.3. The van der Waals surface area contributed by atoms with Crippen molar-refractivity contribution in [3.63, 3.8) is 0 Å². The second-order valence-corrected chi connectivity index (χ2v) is 9.24. The van der Waals surface area contributed by atoms with Crippen molar-refractivity contribution >= 4 is 15.9 Å². The van der Waals surface area contributed by atoms with Gasteiger partial charge in [-0.05, 0) is 43.0 Å². The summed E-state index contributed by atoms with van der Waals surface area (Å²) in [5.41, 5.74) is 1.99. The van der Waals surface area contributed by atoms with Gasteiger partial charge in [-0.15, -0.1) is 0 Å². The van der Waals surface area contributed by atoms with Gasteiger partial charge in [0.1, 0.15) is 0 Å². The average molecular weight is 382 g/mol. The maximum Gasteiger partial charge on any atom is 0.240 e. The molecule has 0 radical (unpaired) electrons. The zero-order valence-corrected chi connectivity index (χ0v) is 17.1. The van der Waals surface area contributed by atoms with Crippen LogP contribution in [0.3, 0.4) is 0 Å².